The van der Waals surface area contributed by atoms with Crippen molar-refractivity contribution in [3.05, 3.63) is 35.3 Å². The molecule has 3 nitrogen and oxygen atoms in total. The highest BCUT2D eigenvalue weighted by Gasteiger charge is 2.22. The molecule has 112 valence electrons. The summed E-state index contributed by atoms with van der Waals surface area (Å²) < 4.78 is 13.8. The molecule has 1 amide bonds. The average Bonchev–Trinajstić information content (AvgIpc) is 2.77. The number of nitrogens with one attached hydrogen (secondary N) is 1. The minimum absolute atomic E-state index is 0.00463. The summed E-state index contributed by atoms with van der Waals surface area (Å²) >= 11 is 0. The molecule has 4 heteroatoms. The molecular formula is C17H21FN2O. The number of amides is 1. The molecule has 1 fully saturated rings. The van der Waals surface area contributed by atoms with Gasteiger partial charge < -0.3 is 9.88 Å². The number of fused-ring (bicyclic) bond motifs is 1. The second kappa shape index (κ2) is 5.88. The van der Waals surface area contributed by atoms with E-state index >= 15 is 0 Å². The van der Waals surface area contributed by atoms with Gasteiger partial charge in [-0.15, -0.1) is 0 Å². The molecule has 0 spiro atoms. The van der Waals surface area contributed by atoms with Crippen molar-refractivity contribution in [2.75, 3.05) is 13.1 Å². The fourth-order valence-electron chi connectivity index (χ4n) is 3.14. The number of H-pyrrole nitrogens is 1. The molecule has 3 rings (SSSR count). The van der Waals surface area contributed by atoms with Crippen LogP contribution in [0.2, 0.25) is 0 Å². The van der Waals surface area contributed by atoms with Crippen LogP contribution in [0.3, 0.4) is 0 Å². The lowest BCUT2D eigenvalue weighted by atomic mass is 10.1. The van der Waals surface area contributed by atoms with Gasteiger partial charge >= 0.3 is 0 Å². The van der Waals surface area contributed by atoms with Gasteiger partial charge in [-0.05, 0) is 31.4 Å². The Bertz CT molecular complexity index is 654. The zero-order valence-electron chi connectivity index (χ0n) is 12.4. The second-order valence-corrected chi connectivity index (χ2v) is 5.85. The van der Waals surface area contributed by atoms with Crippen molar-refractivity contribution in [2.45, 2.75) is 39.0 Å². The van der Waals surface area contributed by atoms with Crippen LogP contribution >= 0.6 is 0 Å². The summed E-state index contributed by atoms with van der Waals surface area (Å²) in [5.41, 5.74) is 1.82. The highest BCUT2D eigenvalue weighted by molar-refractivity contribution is 6.01. The molecular weight excluding hydrogens is 267 g/mol. The lowest BCUT2D eigenvalue weighted by molar-refractivity contribution is 0.0736. The smallest absolute Gasteiger partial charge is 0.270 e. The second-order valence-electron chi connectivity index (χ2n) is 5.85. The number of aromatic amines is 1. The molecule has 1 aromatic heterocycles. The minimum Gasteiger partial charge on any atom is -0.348 e. The fourth-order valence-corrected chi connectivity index (χ4v) is 3.14. The highest BCUT2D eigenvalue weighted by Crippen LogP contribution is 2.25. The molecule has 1 aromatic carbocycles. The summed E-state index contributed by atoms with van der Waals surface area (Å²) in [6, 6.07) is 4.96. The monoisotopic (exact) mass is 288 g/mol. The van der Waals surface area contributed by atoms with Gasteiger partial charge in [-0.2, -0.15) is 0 Å². The van der Waals surface area contributed by atoms with E-state index in [1.807, 2.05) is 17.9 Å². The van der Waals surface area contributed by atoms with Gasteiger partial charge in [-0.25, -0.2) is 4.39 Å². The van der Waals surface area contributed by atoms with Crippen molar-refractivity contribution in [3.63, 3.8) is 0 Å². The van der Waals surface area contributed by atoms with E-state index in [0.29, 0.717) is 11.2 Å². The maximum atomic E-state index is 13.8. The van der Waals surface area contributed by atoms with E-state index in [9.17, 15) is 9.18 Å². The third-order valence-corrected chi connectivity index (χ3v) is 4.40. The van der Waals surface area contributed by atoms with Gasteiger partial charge in [-0.3, -0.25) is 4.79 Å². The SMILES string of the molecule is Cc1c(C(=O)N2CCCCCCC2)[nH]c2c(F)cccc12. The van der Waals surface area contributed by atoms with Crippen molar-refractivity contribution in [3.8, 4) is 0 Å². The van der Waals surface area contributed by atoms with Crippen LogP contribution < -0.4 is 0 Å². The molecule has 1 aliphatic heterocycles. The number of carbonyl (C=O) groups is 1. The number of rotatable bonds is 1. The zero-order chi connectivity index (χ0) is 14.8. The molecule has 2 heterocycles. The van der Waals surface area contributed by atoms with Crippen LogP contribution in [0.4, 0.5) is 4.39 Å². The van der Waals surface area contributed by atoms with Crippen LogP contribution in [0.1, 0.15) is 48.2 Å². The van der Waals surface area contributed by atoms with Crippen LogP contribution in [0.25, 0.3) is 10.9 Å². The number of carbonyl (C=O) groups excluding carboxylic acids is 1. The van der Waals surface area contributed by atoms with Crippen molar-refractivity contribution in [2.24, 2.45) is 0 Å². The summed E-state index contributed by atoms with van der Waals surface area (Å²) in [5.74, 6) is -0.299. The minimum atomic E-state index is -0.303. The Hall–Kier alpha value is -1.84. The Balaban J connectivity index is 1.93. The van der Waals surface area contributed by atoms with E-state index in [-0.39, 0.29) is 11.7 Å². The molecule has 0 unspecified atom stereocenters. The van der Waals surface area contributed by atoms with Crippen LogP contribution in [-0.2, 0) is 0 Å². The predicted octanol–water partition coefficient (Wildman–Crippen LogP) is 4.02. The van der Waals surface area contributed by atoms with Crippen LogP contribution in [0.5, 0.6) is 0 Å². The molecule has 0 bridgehead atoms. The van der Waals surface area contributed by atoms with Crippen molar-refractivity contribution < 1.29 is 9.18 Å². The lowest BCUT2D eigenvalue weighted by Crippen LogP contribution is -2.34. The standard InChI is InChI=1S/C17H21FN2O/c1-12-13-8-7-9-14(18)16(13)19-15(12)17(21)20-10-5-3-2-4-6-11-20/h7-9,19H,2-6,10-11H2,1H3. The Morgan fingerprint density at radius 3 is 2.48 bits per heavy atom. The van der Waals surface area contributed by atoms with E-state index in [4.69, 9.17) is 0 Å². The van der Waals surface area contributed by atoms with E-state index in [1.165, 1.54) is 25.3 Å². The van der Waals surface area contributed by atoms with Crippen molar-refractivity contribution in [1.82, 2.24) is 9.88 Å². The molecule has 21 heavy (non-hydrogen) atoms. The normalized spacial score (nSPS) is 16.8. The van der Waals surface area contributed by atoms with Gasteiger partial charge in [0, 0.05) is 18.5 Å². The van der Waals surface area contributed by atoms with Crippen LogP contribution in [0, 0.1) is 12.7 Å². The molecule has 1 saturated heterocycles. The molecule has 0 aliphatic carbocycles. The molecule has 0 radical (unpaired) electrons. The molecule has 2 aromatic rings. The molecule has 0 atom stereocenters. The van der Waals surface area contributed by atoms with E-state index in [1.54, 1.807) is 6.07 Å². The highest BCUT2D eigenvalue weighted by atomic mass is 19.1. The molecule has 1 N–H and O–H groups in total. The summed E-state index contributed by atoms with van der Waals surface area (Å²) in [6.07, 6.45) is 5.74. The van der Waals surface area contributed by atoms with Gasteiger partial charge in [0.15, 0.2) is 0 Å². The average molecular weight is 288 g/mol. The number of aryl methyl sites for hydroxylation is 1. The topological polar surface area (TPSA) is 36.1 Å². The number of benzene rings is 1. The maximum absolute atomic E-state index is 13.8. The summed E-state index contributed by atoms with van der Waals surface area (Å²) in [4.78, 5) is 17.6. The quantitative estimate of drug-likeness (QED) is 0.845. The lowest BCUT2D eigenvalue weighted by Gasteiger charge is -2.24. The number of hydrogen-bond donors (Lipinski definition) is 1. The van der Waals surface area contributed by atoms with Gasteiger partial charge in [-0.1, -0.05) is 31.4 Å². The summed E-state index contributed by atoms with van der Waals surface area (Å²) in [5, 5.41) is 0.797. The molecule has 0 saturated carbocycles. The summed E-state index contributed by atoms with van der Waals surface area (Å²) in [7, 11) is 0. The Morgan fingerprint density at radius 2 is 1.81 bits per heavy atom. The van der Waals surface area contributed by atoms with Crippen LogP contribution in [0.15, 0.2) is 18.2 Å². The third kappa shape index (κ3) is 2.67. The maximum Gasteiger partial charge on any atom is 0.270 e. The van der Waals surface area contributed by atoms with Crippen LogP contribution in [-0.4, -0.2) is 28.9 Å². The Morgan fingerprint density at radius 1 is 1.14 bits per heavy atom. The number of hydrogen-bond acceptors (Lipinski definition) is 1. The first-order valence-electron chi connectivity index (χ1n) is 7.74. The molecule has 1 aliphatic rings. The number of nitrogens with zero attached hydrogens (tertiary/aromatic N) is 1. The Kier molecular flexibility index (Phi) is 3.95. The van der Waals surface area contributed by atoms with Crippen molar-refractivity contribution >= 4 is 16.8 Å². The first-order chi connectivity index (χ1) is 10.2. The number of para-hydroxylation sites is 1. The summed E-state index contributed by atoms with van der Waals surface area (Å²) in [6.45, 7) is 3.49. The first kappa shape index (κ1) is 14.1. The number of aromatic nitrogens is 1. The van der Waals surface area contributed by atoms with Gasteiger partial charge in [0.2, 0.25) is 0 Å². The first-order valence-corrected chi connectivity index (χ1v) is 7.74. The van der Waals surface area contributed by atoms with E-state index in [0.717, 1.165) is 36.9 Å². The largest absolute Gasteiger partial charge is 0.348 e. The fraction of sp³-hybridized carbons (Fsp3) is 0.471. The van der Waals surface area contributed by atoms with Crippen molar-refractivity contribution in [1.29, 1.82) is 0 Å². The van der Waals surface area contributed by atoms with Gasteiger partial charge in [0.25, 0.3) is 5.91 Å². The van der Waals surface area contributed by atoms with E-state index < -0.39 is 0 Å². The third-order valence-electron chi connectivity index (χ3n) is 4.40. The number of halogens is 1. The van der Waals surface area contributed by atoms with Gasteiger partial charge in [0.1, 0.15) is 11.5 Å². The Labute approximate surface area is 124 Å². The zero-order valence-corrected chi connectivity index (χ0v) is 12.4. The number of likely N-dealkylation sites (tertiary alicyclic amines) is 1. The van der Waals surface area contributed by atoms with Gasteiger partial charge in [0.05, 0.1) is 5.52 Å². The van der Waals surface area contributed by atoms with E-state index in [2.05, 4.69) is 4.98 Å². The predicted molar refractivity (Wildman–Crippen MR) is 82.0 cm³/mol.